The number of aromatic hydroxyl groups is 1. The fourth-order valence-electron chi connectivity index (χ4n) is 1.46. The number of nitrogens with zero attached hydrogens (tertiary/aromatic N) is 1. The summed E-state index contributed by atoms with van der Waals surface area (Å²) < 4.78 is 0. The van der Waals surface area contributed by atoms with Crippen molar-refractivity contribution in [2.24, 2.45) is 0 Å². The molecule has 0 saturated carbocycles. The molecule has 0 aliphatic heterocycles. The minimum Gasteiger partial charge on any atom is -0.508 e. The molecule has 88 valence electrons. The summed E-state index contributed by atoms with van der Waals surface area (Å²) in [5.41, 5.74) is 0.566. The van der Waals surface area contributed by atoms with Crippen molar-refractivity contribution in [3.63, 3.8) is 0 Å². The highest BCUT2D eigenvalue weighted by atomic mass is 35.5. The third-order valence-corrected chi connectivity index (χ3v) is 2.49. The van der Waals surface area contributed by atoms with Gasteiger partial charge in [-0.1, -0.05) is 0 Å². The number of hydrogen-bond donors (Lipinski definition) is 1. The smallest absolute Gasteiger partial charge is 0.254 e. The lowest BCUT2D eigenvalue weighted by atomic mass is 10.1. The van der Waals surface area contributed by atoms with Crippen LogP contribution in [0.5, 0.6) is 5.75 Å². The van der Waals surface area contributed by atoms with Crippen molar-refractivity contribution < 1.29 is 9.90 Å². The number of halogens is 1. The SMILES string of the molecule is CC(C)N(CCCl)C(=O)c1ccc(O)cc1. The van der Waals surface area contributed by atoms with Crippen LogP contribution in [0.25, 0.3) is 0 Å². The van der Waals surface area contributed by atoms with Gasteiger partial charge in [-0.2, -0.15) is 0 Å². The summed E-state index contributed by atoms with van der Waals surface area (Å²) in [6.07, 6.45) is 0. The molecule has 16 heavy (non-hydrogen) atoms. The highest BCUT2D eigenvalue weighted by Crippen LogP contribution is 2.13. The minimum atomic E-state index is -0.0596. The first kappa shape index (κ1) is 12.8. The Morgan fingerprint density at radius 2 is 1.94 bits per heavy atom. The molecule has 0 fully saturated rings. The quantitative estimate of drug-likeness (QED) is 0.823. The lowest BCUT2D eigenvalue weighted by Crippen LogP contribution is -2.38. The molecule has 0 unspecified atom stereocenters. The largest absolute Gasteiger partial charge is 0.508 e. The van der Waals surface area contributed by atoms with E-state index in [0.717, 1.165) is 0 Å². The van der Waals surface area contributed by atoms with Gasteiger partial charge in [-0.3, -0.25) is 4.79 Å². The number of hydrogen-bond acceptors (Lipinski definition) is 2. The van der Waals surface area contributed by atoms with Crippen LogP contribution in [0.15, 0.2) is 24.3 Å². The first-order valence-corrected chi connectivity index (χ1v) is 5.75. The normalized spacial score (nSPS) is 10.5. The van der Waals surface area contributed by atoms with Gasteiger partial charge in [0.2, 0.25) is 0 Å². The number of phenols is 1. The van der Waals surface area contributed by atoms with E-state index in [0.29, 0.717) is 18.0 Å². The van der Waals surface area contributed by atoms with E-state index in [-0.39, 0.29) is 17.7 Å². The van der Waals surface area contributed by atoms with E-state index in [9.17, 15) is 4.79 Å². The lowest BCUT2D eigenvalue weighted by molar-refractivity contribution is 0.0718. The minimum absolute atomic E-state index is 0.0596. The fourth-order valence-corrected chi connectivity index (χ4v) is 1.64. The zero-order valence-electron chi connectivity index (χ0n) is 9.48. The Kier molecular flexibility index (Phi) is 4.62. The molecule has 0 bridgehead atoms. The third kappa shape index (κ3) is 3.14. The van der Waals surface area contributed by atoms with Crippen molar-refractivity contribution in [1.29, 1.82) is 0 Å². The zero-order chi connectivity index (χ0) is 12.1. The van der Waals surface area contributed by atoms with Gasteiger partial charge in [0.05, 0.1) is 0 Å². The topological polar surface area (TPSA) is 40.5 Å². The van der Waals surface area contributed by atoms with Gasteiger partial charge in [0.15, 0.2) is 0 Å². The lowest BCUT2D eigenvalue weighted by Gasteiger charge is -2.25. The van der Waals surface area contributed by atoms with Crippen molar-refractivity contribution >= 4 is 17.5 Å². The molecule has 1 rings (SSSR count). The Labute approximate surface area is 101 Å². The maximum atomic E-state index is 12.1. The predicted octanol–water partition coefficient (Wildman–Crippen LogP) is 2.48. The van der Waals surface area contributed by atoms with E-state index in [1.165, 1.54) is 12.1 Å². The molecular formula is C12H16ClNO2. The third-order valence-electron chi connectivity index (χ3n) is 2.32. The van der Waals surface area contributed by atoms with Crippen molar-refractivity contribution in [3.8, 4) is 5.75 Å². The van der Waals surface area contributed by atoms with E-state index in [2.05, 4.69) is 0 Å². The Balaban J connectivity index is 2.86. The van der Waals surface area contributed by atoms with Crippen LogP contribution in [0.2, 0.25) is 0 Å². The second-order valence-corrected chi connectivity index (χ2v) is 4.21. The van der Waals surface area contributed by atoms with Gasteiger partial charge in [-0.05, 0) is 38.1 Å². The Morgan fingerprint density at radius 3 is 2.38 bits per heavy atom. The number of amides is 1. The molecule has 0 saturated heterocycles. The van der Waals surface area contributed by atoms with Crippen molar-refractivity contribution in [3.05, 3.63) is 29.8 Å². The van der Waals surface area contributed by atoms with Gasteiger partial charge in [-0.15, -0.1) is 11.6 Å². The first-order chi connectivity index (χ1) is 7.56. The number of rotatable bonds is 4. The van der Waals surface area contributed by atoms with Crippen LogP contribution in [0.1, 0.15) is 24.2 Å². The average Bonchev–Trinajstić information content (AvgIpc) is 2.25. The summed E-state index contributed by atoms with van der Waals surface area (Å²) in [5, 5.41) is 9.14. The number of carbonyl (C=O) groups excluding carboxylic acids is 1. The number of benzene rings is 1. The van der Waals surface area contributed by atoms with E-state index in [1.54, 1.807) is 17.0 Å². The standard InChI is InChI=1S/C12H16ClNO2/c1-9(2)14(8-7-13)12(16)10-3-5-11(15)6-4-10/h3-6,9,15H,7-8H2,1-2H3. The molecule has 0 aliphatic carbocycles. The van der Waals surface area contributed by atoms with Crippen LogP contribution in [-0.2, 0) is 0 Å². The summed E-state index contributed by atoms with van der Waals surface area (Å²) >= 11 is 5.66. The van der Waals surface area contributed by atoms with E-state index in [4.69, 9.17) is 16.7 Å². The van der Waals surface area contributed by atoms with Gasteiger partial charge >= 0.3 is 0 Å². The maximum absolute atomic E-state index is 12.1. The molecule has 0 spiro atoms. The molecule has 1 aromatic rings. The molecule has 1 aromatic carbocycles. The van der Waals surface area contributed by atoms with Crippen LogP contribution in [0.4, 0.5) is 0 Å². The molecule has 3 nitrogen and oxygen atoms in total. The molecule has 0 aromatic heterocycles. The van der Waals surface area contributed by atoms with Gasteiger partial charge in [0, 0.05) is 24.0 Å². The molecule has 0 atom stereocenters. The van der Waals surface area contributed by atoms with Crippen molar-refractivity contribution in [1.82, 2.24) is 4.90 Å². The fraction of sp³-hybridized carbons (Fsp3) is 0.417. The van der Waals surface area contributed by atoms with Gasteiger partial charge in [-0.25, -0.2) is 0 Å². The summed E-state index contributed by atoms with van der Waals surface area (Å²) in [5.74, 6) is 0.516. The van der Waals surface area contributed by atoms with Crippen molar-refractivity contribution in [2.75, 3.05) is 12.4 Å². The second-order valence-electron chi connectivity index (χ2n) is 3.83. The highest BCUT2D eigenvalue weighted by Gasteiger charge is 2.17. The Hall–Kier alpha value is -1.22. The number of carbonyl (C=O) groups is 1. The van der Waals surface area contributed by atoms with Crippen molar-refractivity contribution in [2.45, 2.75) is 19.9 Å². The monoisotopic (exact) mass is 241 g/mol. The zero-order valence-corrected chi connectivity index (χ0v) is 10.2. The first-order valence-electron chi connectivity index (χ1n) is 5.22. The summed E-state index contributed by atoms with van der Waals surface area (Å²) in [6.45, 7) is 4.43. The van der Waals surface area contributed by atoms with Gasteiger partial charge < -0.3 is 10.0 Å². The molecule has 1 N–H and O–H groups in total. The van der Waals surface area contributed by atoms with Crippen LogP contribution in [0, 0.1) is 0 Å². The van der Waals surface area contributed by atoms with E-state index in [1.807, 2.05) is 13.8 Å². The summed E-state index contributed by atoms with van der Waals surface area (Å²) in [6, 6.07) is 6.35. The van der Waals surface area contributed by atoms with Crippen LogP contribution in [0.3, 0.4) is 0 Å². The summed E-state index contributed by atoms with van der Waals surface area (Å²) in [4.78, 5) is 13.8. The number of alkyl halides is 1. The van der Waals surface area contributed by atoms with Crippen LogP contribution < -0.4 is 0 Å². The molecule has 1 amide bonds. The van der Waals surface area contributed by atoms with Crippen LogP contribution >= 0.6 is 11.6 Å². The molecular weight excluding hydrogens is 226 g/mol. The Bertz CT molecular complexity index is 349. The summed E-state index contributed by atoms with van der Waals surface area (Å²) in [7, 11) is 0. The second kappa shape index (κ2) is 5.75. The molecule has 0 heterocycles. The van der Waals surface area contributed by atoms with Gasteiger partial charge in [0.1, 0.15) is 5.75 Å². The molecule has 4 heteroatoms. The molecule has 0 aliphatic rings. The average molecular weight is 242 g/mol. The highest BCUT2D eigenvalue weighted by molar-refractivity contribution is 6.18. The Morgan fingerprint density at radius 1 is 1.38 bits per heavy atom. The molecule has 0 radical (unpaired) electrons. The number of phenolic OH excluding ortho intramolecular Hbond substituents is 1. The van der Waals surface area contributed by atoms with E-state index < -0.39 is 0 Å². The predicted molar refractivity (Wildman–Crippen MR) is 65.0 cm³/mol. The van der Waals surface area contributed by atoms with E-state index >= 15 is 0 Å². The van der Waals surface area contributed by atoms with Crippen LogP contribution in [-0.4, -0.2) is 34.4 Å². The maximum Gasteiger partial charge on any atom is 0.254 e. The van der Waals surface area contributed by atoms with Gasteiger partial charge in [0.25, 0.3) is 5.91 Å².